The Morgan fingerprint density at radius 2 is 1.90 bits per heavy atom. The molecule has 3 aromatic rings. The second kappa shape index (κ2) is 8.31. The largest absolute Gasteiger partial charge is 0.444 e. The summed E-state index contributed by atoms with van der Waals surface area (Å²) in [5.74, 6) is 1.66. The van der Waals surface area contributed by atoms with Crippen molar-refractivity contribution in [3.63, 3.8) is 0 Å². The van der Waals surface area contributed by atoms with E-state index in [1.807, 2.05) is 32.6 Å². The Kier molecular flexibility index (Phi) is 5.75. The molecule has 30 heavy (non-hydrogen) atoms. The topological polar surface area (TPSA) is 84.5 Å². The highest BCUT2D eigenvalue weighted by Gasteiger charge is 2.22. The lowest BCUT2D eigenvalue weighted by Gasteiger charge is -2.34. The van der Waals surface area contributed by atoms with E-state index in [4.69, 9.17) is 4.42 Å². The summed E-state index contributed by atoms with van der Waals surface area (Å²) in [5, 5.41) is 0.679. The Morgan fingerprint density at radius 3 is 2.57 bits per heavy atom. The van der Waals surface area contributed by atoms with Gasteiger partial charge in [-0.05, 0) is 33.3 Å². The second-order valence-electron chi connectivity index (χ2n) is 7.86. The van der Waals surface area contributed by atoms with Crippen molar-refractivity contribution in [3.8, 4) is 0 Å². The Bertz CT molecular complexity index is 1120. The van der Waals surface area contributed by atoms with Gasteiger partial charge >= 0.3 is 0 Å². The maximum Gasteiger partial charge on any atom is 0.262 e. The number of oxazole rings is 1. The number of thiophene rings is 1. The number of piperazine rings is 1. The van der Waals surface area contributed by atoms with Gasteiger partial charge in [0, 0.05) is 44.0 Å². The number of hydrogen-bond acceptors (Lipinski definition) is 7. The summed E-state index contributed by atoms with van der Waals surface area (Å²) in [4.78, 5) is 40.3. The lowest BCUT2D eigenvalue weighted by Crippen LogP contribution is -2.48. The molecule has 160 valence electrons. The Morgan fingerprint density at radius 1 is 1.17 bits per heavy atom. The summed E-state index contributed by atoms with van der Waals surface area (Å²) in [6.45, 7) is 11.7. The smallest absolute Gasteiger partial charge is 0.262 e. The maximum atomic E-state index is 12.8. The molecule has 0 saturated carbocycles. The van der Waals surface area contributed by atoms with Gasteiger partial charge in [-0.1, -0.05) is 0 Å². The van der Waals surface area contributed by atoms with Gasteiger partial charge in [0.1, 0.15) is 10.6 Å². The molecule has 8 nitrogen and oxygen atoms in total. The van der Waals surface area contributed by atoms with Crippen LogP contribution in [0.3, 0.4) is 0 Å². The zero-order chi connectivity index (χ0) is 21.4. The van der Waals surface area contributed by atoms with Crippen LogP contribution in [0.25, 0.3) is 10.2 Å². The molecular weight excluding hydrogens is 402 g/mol. The normalized spacial score (nSPS) is 15.3. The molecule has 3 aromatic heterocycles. The highest BCUT2D eigenvalue weighted by molar-refractivity contribution is 7.18. The first kappa shape index (κ1) is 20.7. The predicted molar refractivity (Wildman–Crippen MR) is 116 cm³/mol. The van der Waals surface area contributed by atoms with Crippen molar-refractivity contribution < 1.29 is 9.21 Å². The lowest BCUT2D eigenvalue weighted by molar-refractivity contribution is -0.133. The SMILES string of the molecule is Cc1nc(CN2CCN(C(=O)CCn3cnc4sc(C)c(C)c4c3=O)CC2)oc1C. The molecule has 4 rings (SSSR count). The number of aryl methyl sites for hydroxylation is 5. The van der Waals surface area contributed by atoms with Gasteiger partial charge in [0.05, 0.1) is 24.0 Å². The lowest BCUT2D eigenvalue weighted by atomic mass is 10.2. The number of hydrogen-bond donors (Lipinski definition) is 0. The first-order valence-electron chi connectivity index (χ1n) is 10.2. The van der Waals surface area contributed by atoms with Crippen LogP contribution in [0.4, 0.5) is 0 Å². The number of amides is 1. The van der Waals surface area contributed by atoms with E-state index in [0.29, 0.717) is 38.0 Å². The fourth-order valence-corrected chi connectivity index (χ4v) is 4.74. The molecule has 1 amide bonds. The van der Waals surface area contributed by atoms with E-state index in [-0.39, 0.29) is 11.5 Å². The highest BCUT2D eigenvalue weighted by Crippen LogP contribution is 2.25. The molecule has 1 aliphatic heterocycles. The van der Waals surface area contributed by atoms with Crippen molar-refractivity contribution in [1.29, 1.82) is 0 Å². The third-order valence-corrected chi connectivity index (χ3v) is 6.99. The molecule has 0 bridgehead atoms. The van der Waals surface area contributed by atoms with E-state index in [0.717, 1.165) is 45.7 Å². The van der Waals surface area contributed by atoms with Crippen molar-refractivity contribution in [2.75, 3.05) is 26.2 Å². The molecule has 4 heterocycles. The number of fused-ring (bicyclic) bond motifs is 1. The number of carbonyl (C=O) groups is 1. The van der Waals surface area contributed by atoms with Gasteiger partial charge < -0.3 is 9.32 Å². The van der Waals surface area contributed by atoms with Crippen LogP contribution in [0.1, 0.15) is 34.2 Å². The molecule has 0 unspecified atom stereocenters. The van der Waals surface area contributed by atoms with Gasteiger partial charge in [-0.25, -0.2) is 9.97 Å². The Hall–Kier alpha value is -2.52. The Balaban J connectivity index is 1.32. The van der Waals surface area contributed by atoms with Crippen LogP contribution in [0.5, 0.6) is 0 Å². The minimum Gasteiger partial charge on any atom is -0.444 e. The van der Waals surface area contributed by atoms with Gasteiger partial charge in [0.2, 0.25) is 11.8 Å². The summed E-state index contributed by atoms with van der Waals surface area (Å²) in [5.41, 5.74) is 1.85. The Labute approximate surface area is 179 Å². The molecule has 0 atom stereocenters. The van der Waals surface area contributed by atoms with Crippen LogP contribution >= 0.6 is 11.3 Å². The third kappa shape index (κ3) is 4.04. The summed E-state index contributed by atoms with van der Waals surface area (Å²) in [7, 11) is 0. The summed E-state index contributed by atoms with van der Waals surface area (Å²) in [6, 6.07) is 0. The van der Waals surface area contributed by atoms with E-state index in [1.165, 1.54) is 11.3 Å². The van der Waals surface area contributed by atoms with Crippen LogP contribution in [0.2, 0.25) is 0 Å². The van der Waals surface area contributed by atoms with E-state index >= 15 is 0 Å². The molecule has 1 aliphatic rings. The molecule has 0 radical (unpaired) electrons. The van der Waals surface area contributed by atoms with Crippen molar-refractivity contribution in [2.45, 2.75) is 47.2 Å². The molecule has 0 spiro atoms. The minimum absolute atomic E-state index is 0.0593. The molecule has 0 N–H and O–H groups in total. The maximum absolute atomic E-state index is 12.8. The molecule has 9 heteroatoms. The van der Waals surface area contributed by atoms with E-state index in [9.17, 15) is 9.59 Å². The number of aromatic nitrogens is 3. The fraction of sp³-hybridized carbons (Fsp3) is 0.524. The highest BCUT2D eigenvalue weighted by atomic mass is 32.1. The number of carbonyl (C=O) groups excluding carboxylic acids is 1. The zero-order valence-corrected chi connectivity index (χ0v) is 18.7. The van der Waals surface area contributed by atoms with Crippen molar-refractivity contribution in [1.82, 2.24) is 24.3 Å². The van der Waals surface area contributed by atoms with Crippen LogP contribution in [0.15, 0.2) is 15.5 Å². The quantitative estimate of drug-likeness (QED) is 0.619. The van der Waals surface area contributed by atoms with Crippen LogP contribution in [0, 0.1) is 27.7 Å². The standard InChI is InChI=1S/C21H27N5O3S/c1-13-16(4)30-20-19(13)21(28)26(12-22-20)6-5-18(27)25-9-7-24(8-10-25)11-17-23-14(2)15(3)29-17/h12H,5-11H2,1-4H3. The van der Waals surface area contributed by atoms with Crippen LogP contribution in [-0.2, 0) is 17.9 Å². The summed E-state index contributed by atoms with van der Waals surface area (Å²) < 4.78 is 7.22. The fourth-order valence-electron chi connectivity index (χ4n) is 3.76. The van der Waals surface area contributed by atoms with E-state index in [2.05, 4.69) is 14.9 Å². The first-order chi connectivity index (χ1) is 14.3. The average molecular weight is 430 g/mol. The average Bonchev–Trinajstić information content (AvgIpc) is 3.19. The third-order valence-electron chi connectivity index (χ3n) is 5.88. The van der Waals surface area contributed by atoms with E-state index < -0.39 is 0 Å². The molecule has 0 aliphatic carbocycles. The first-order valence-corrected chi connectivity index (χ1v) is 11.0. The molecule has 0 aromatic carbocycles. The van der Waals surface area contributed by atoms with Gasteiger partial charge in [0.25, 0.3) is 5.56 Å². The summed E-state index contributed by atoms with van der Waals surface area (Å²) >= 11 is 1.54. The van der Waals surface area contributed by atoms with Crippen molar-refractivity contribution in [3.05, 3.63) is 44.5 Å². The van der Waals surface area contributed by atoms with Gasteiger partial charge in [0.15, 0.2) is 0 Å². The van der Waals surface area contributed by atoms with Crippen molar-refractivity contribution >= 4 is 27.5 Å². The number of nitrogens with zero attached hydrogens (tertiary/aromatic N) is 5. The van der Waals surface area contributed by atoms with Gasteiger partial charge in [-0.2, -0.15) is 0 Å². The van der Waals surface area contributed by atoms with Crippen LogP contribution in [-0.4, -0.2) is 56.4 Å². The minimum atomic E-state index is -0.0593. The molecule has 1 saturated heterocycles. The molecule has 1 fully saturated rings. The van der Waals surface area contributed by atoms with Crippen LogP contribution < -0.4 is 5.56 Å². The molecular formula is C21H27N5O3S. The predicted octanol–water partition coefficient (Wildman–Crippen LogP) is 2.41. The van der Waals surface area contributed by atoms with E-state index in [1.54, 1.807) is 10.9 Å². The van der Waals surface area contributed by atoms with Crippen molar-refractivity contribution in [2.24, 2.45) is 0 Å². The van der Waals surface area contributed by atoms with Gasteiger partial charge in [-0.15, -0.1) is 11.3 Å². The zero-order valence-electron chi connectivity index (χ0n) is 17.9. The second-order valence-corrected chi connectivity index (χ2v) is 9.07. The summed E-state index contributed by atoms with van der Waals surface area (Å²) in [6.07, 6.45) is 1.86. The van der Waals surface area contributed by atoms with Gasteiger partial charge in [-0.3, -0.25) is 19.1 Å². The number of rotatable bonds is 5. The monoisotopic (exact) mass is 429 g/mol.